The minimum absolute atomic E-state index is 0.417. The second-order valence-corrected chi connectivity index (χ2v) is 4.31. The van der Waals surface area contributed by atoms with Gasteiger partial charge in [-0.15, -0.1) is 0 Å². The van der Waals surface area contributed by atoms with E-state index >= 15 is 0 Å². The molecule has 0 spiro atoms. The Morgan fingerprint density at radius 1 is 1.53 bits per heavy atom. The van der Waals surface area contributed by atoms with Crippen LogP contribution in [0.2, 0.25) is 0 Å². The molecule has 1 aromatic heterocycles. The van der Waals surface area contributed by atoms with Crippen LogP contribution in [0.15, 0.2) is 12.1 Å². The predicted molar refractivity (Wildman–Crippen MR) is 64.7 cm³/mol. The molecule has 80 valence electrons. The highest BCUT2D eigenvalue weighted by Crippen LogP contribution is 2.23. The van der Waals surface area contributed by atoms with Crippen LogP contribution < -0.4 is 10.1 Å². The predicted octanol–water partition coefficient (Wildman–Crippen LogP) is 2.06. The lowest BCUT2D eigenvalue weighted by Gasteiger charge is -2.08. The van der Waals surface area contributed by atoms with Crippen LogP contribution in [0, 0.1) is 5.92 Å². The van der Waals surface area contributed by atoms with Gasteiger partial charge in [-0.25, -0.2) is 0 Å². The highest BCUT2D eigenvalue weighted by atomic mass is 32.1. The van der Waals surface area contributed by atoms with Crippen LogP contribution in [0.4, 0.5) is 5.82 Å². The van der Waals surface area contributed by atoms with E-state index in [9.17, 15) is 0 Å². The number of anilines is 1. The molecule has 0 radical (unpaired) electrons. The van der Waals surface area contributed by atoms with Crippen molar-refractivity contribution in [2.24, 2.45) is 5.92 Å². The van der Waals surface area contributed by atoms with E-state index in [1.165, 1.54) is 0 Å². The number of hydrogen-bond donors (Lipinski definition) is 1. The van der Waals surface area contributed by atoms with Crippen LogP contribution in [0.5, 0.6) is 5.88 Å². The number of nitrogens with zero attached hydrogens (tertiary/aromatic N) is 1. The molecule has 4 heteroatoms. The molecule has 0 aromatic carbocycles. The number of fused-ring (bicyclic) bond motifs is 1. The molecule has 15 heavy (non-hydrogen) atoms. The molecule has 2 heterocycles. The molecule has 0 fully saturated rings. The van der Waals surface area contributed by atoms with Gasteiger partial charge in [0.15, 0.2) is 0 Å². The molecule has 1 aliphatic heterocycles. The molecule has 1 atom stereocenters. The molecule has 3 nitrogen and oxygen atoms in total. The Hall–Kier alpha value is -1.16. The lowest BCUT2D eigenvalue weighted by atomic mass is 10.0. The first kappa shape index (κ1) is 10.4. The summed E-state index contributed by atoms with van der Waals surface area (Å²) in [5, 5.41) is 3.30. The van der Waals surface area contributed by atoms with Crippen molar-refractivity contribution in [1.29, 1.82) is 0 Å². The number of ether oxygens (including phenoxy) is 1. The Kier molecular flexibility index (Phi) is 2.86. The Bertz CT molecular complexity index is 392. The zero-order valence-corrected chi connectivity index (χ0v) is 9.73. The summed E-state index contributed by atoms with van der Waals surface area (Å²) in [7, 11) is 1.62. The van der Waals surface area contributed by atoms with Gasteiger partial charge in [0, 0.05) is 29.8 Å². The summed E-state index contributed by atoms with van der Waals surface area (Å²) < 4.78 is 5.09. The van der Waals surface area contributed by atoms with Gasteiger partial charge in [0.25, 0.3) is 0 Å². The molecule has 1 aromatic rings. The third kappa shape index (κ3) is 2.09. The first-order chi connectivity index (χ1) is 7.20. The minimum atomic E-state index is 0.417. The first-order valence-corrected chi connectivity index (χ1v) is 5.42. The van der Waals surface area contributed by atoms with Crippen LogP contribution in [0.1, 0.15) is 12.5 Å². The molecule has 1 unspecified atom stereocenters. The highest BCUT2D eigenvalue weighted by Gasteiger charge is 2.17. The molecule has 1 aliphatic rings. The number of nitrogens with one attached hydrogen (secondary N) is 1. The average Bonchev–Trinajstić information content (AvgIpc) is 2.39. The number of aromatic nitrogens is 1. The number of hydrogen-bond acceptors (Lipinski definition) is 4. The summed E-state index contributed by atoms with van der Waals surface area (Å²) in [5.74, 6) is 1.96. The van der Waals surface area contributed by atoms with Gasteiger partial charge < -0.3 is 10.1 Å². The summed E-state index contributed by atoms with van der Waals surface area (Å²) in [4.78, 5) is 5.46. The summed E-state index contributed by atoms with van der Waals surface area (Å²) in [5.41, 5.74) is 1.16. The van der Waals surface area contributed by atoms with E-state index in [0.29, 0.717) is 11.8 Å². The molecule has 2 rings (SSSR count). The van der Waals surface area contributed by atoms with Crippen LogP contribution in [0.25, 0.3) is 0 Å². The van der Waals surface area contributed by atoms with E-state index in [1.54, 1.807) is 7.11 Å². The van der Waals surface area contributed by atoms with Gasteiger partial charge in [0.2, 0.25) is 5.88 Å². The minimum Gasteiger partial charge on any atom is -0.481 e. The monoisotopic (exact) mass is 222 g/mol. The number of methoxy groups -OCH3 is 1. The fourth-order valence-electron chi connectivity index (χ4n) is 1.61. The molecule has 0 bridgehead atoms. The zero-order valence-electron chi connectivity index (χ0n) is 8.91. The number of pyridine rings is 1. The normalized spacial score (nSPS) is 20.1. The Morgan fingerprint density at radius 2 is 2.33 bits per heavy atom. The van der Waals surface area contributed by atoms with Crippen molar-refractivity contribution in [3.63, 3.8) is 0 Å². The van der Waals surface area contributed by atoms with E-state index in [1.807, 2.05) is 12.1 Å². The third-order valence-electron chi connectivity index (χ3n) is 2.65. The van der Waals surface area contributed by atoms with Crippen molar-refractivity contribution in [2.75, 3.05) is 19.0 Å². The summed E-state index contributed by atoms with van der Waals surface area (Å²) in [6.45, 7) is 2.99. The fraction of sp³-hybridized carbons (Fsp3) is 0.455. The maximum Gasteiger partial charge on any atom is 0.214 e. The van der Waals surface area contributed by atoms with Crippen molar-refractivity contribution in [3.8, 4) is 5.88 Å². The summed E-state index contributed by atoms with van der Waals surface area (Å²) in [6, 6.07) is 3.90. The van der Waals surface area contributed by atoms with Crippen molar-refractivity contribution in [3.05, 3.63) is 17.7 Å². The van der Waals surface area contributed by atoms with Gasteiger partial charge in [0.05, 0.1) is 7.11 Å². The van der Waals surface area contributed by atoms with Gasteiger partial charge in [-0.1, -0.05) is 19.1 Å². The van der Waals surface area contributed by atoms with Crippen LogP contribution in [0.3, 0.4) is 0 Å². The summed E-state index contributed by atoms with van der Waals surface area (Å²) in [6.07, 6.45) is 0.829. The first-order valence-electron chi connectivity index (χ1n) is 5.01. The molecule has 0 saturated heterocycles. The van der Waals surface area contributed by atoms with Crippen LogP contribution in [-0.4, -0.2) is 23.5 Å². The fourth-order valence-corrected chi connectivity index (χ4v) is 1.84. The maximum absolute atomic E-state index is 5.35. The van der Waals surface area contributed by atoms with Crippen molar-refractivity contribution >= 4 is 22.9 Å². The van der Waals surface area contributed by atoms with Crippen molar-refractivity contribution in [2.45, 2.75) is 13.3 Å². The molecule has 1 N–H and O–H groups in total. The Balaban J connectivity index is 2.34. The van der Waals surface area contributed by atoms with Gasteiger partial charge in [-0.05, 0) is 11.6 Å². The zero-order chi connectivity index (χ0) is 10.8. The summed E-state index contributed by atoms with van der Waals surface area (Å²) >= 11 is 5.35. The van der Waals surface area contributed by atoms with E-state index < -0.39 is 0 Å². The van der Waals surface area contributed by atoms with Gasteiger partial charge in [0.1, 0.15) is 5.82 Å². The van der Waals surface area contributed by atoms with E-state index in [2.05, 4.69) is 17.2 Å². The Morgan fingerprint density at radius 3 is 3.07 bits per heavy atom. The quantitative estimate of drug-likeness (QED) is 0.738. The van der Waals surface area contributed by atoms with Crippen molar-refractivity contribution < 1.29 is 4.74 Å². The highest BCUT2D eigenvalue weighted by molar-refractivity contribution is 7.80. The topological polar surface area (TPSA) is 34.1 Å². The molecular weight excluding hydrogens is 208 g/mol. The average molecular weight is 222 g/mol. The standard InChI is InChI=1S/C11H14N2OS/c1-7-6-12-11-8(5-9(7)15)3-4-10(13-11)14-2/h3-4,7H,5-6H2,1-2H3,(H,12,13). The van der Waals surface area contributed by atoms with Gasteiger partial charge in [-0.2, -0.15) is 4.98 Å². The van der Waals surface area contributed by atoms with Gasteiger partial charge >= 0.3 is 0 Å². The molecule has 0 saturated carbocycles. The maximum atomic E-state index is 5.35. The van der Waals surface area contributed by atoms with Crippen molar-refractivity contribution in [1.82, 2.24) is 4.98 Å². The second-order valence-electron chi connectivity index (χ2n) is 3.79. The van der Waals surface area contributed by atoms with Crippen LogP contribution in [-0.2, 0) is 6.42 Å². The molecular formula is C11H14N2OS. The molecule has 0 aliphatic carbocycles. The molecule has 0 amide bonds. The number of rotatable bonds is 1. The second kappa shape index (κ2) is 4.14. The van der Waals surface area contributed by atoms with E-state index in [4.69, 9.17) is 17.0 Å². The van der Waals surface area contributed by atoms with E-state index in [0.717, 1.165) is 29.2 Å². The lowest BCUT2D eigenvalue weighted by Crippen LogP contribution is -2.16. The third-order valence-corrected chi connectivity index (χ3v) is 3.20. The smallest absolute Gasteiger partial charge is 0.214 e. The van der Waals surface area contributed by atoms with Crippen LogP contribution >= 0.6 is 12.2 Å². The lowest BCUT2D eigenvalue weighted by molar-refractivity contribution is 0.398. The Labute approximate surface area is 94.9 Å². The van der Waals surface area contributed by atoms with Gasteiger partial charge in [-0.3, -0.25) is 0 Å². The SMILES string of the molecule is COc1ccc2c(n1)NCC(C)C(=S)C2. The largest absolute Gasteiger partial charge is 0.481 e. The van der Waals surface area contributed by atoms with E-state index in [-0.39, 0.29) is 0 Å². The number of thiocarbonyl (C=S) groups is 1.